The second kappa shape index (κ2) is 9.72. The first-order valence-electron chi connectivity index (χ1n) is 12.0. The molecule has 2 aromatic heterocycles. The molecule has 33 heavy (non-hydrogen) atoms. The van der Waals surface area contributed by atoms with Gasteiger partial charge in [0, 0.05) is 42.5 Å². The Kier molecular flexibility index (Phi) is 6.36. The summed E-state index contributed by atoms with van der Waals surface area (Å²) >= 11 is 0. The zero-order valence-electron chi connectivity index (χ0n) is 19.3. The number of benzene rings is 2. The van der Waals surface area contributed by atoms with Gasteiger partial charge in [0.2, 0.25) is 0 Å². The van der Waals surface area contributed by atoms with E-state index in [4.69, 9.17) is 0 Å². The van der Waals surface area contributed by atoms with Crippen LogP contribution in [0.4, 0.5) is 0 Å². The molecule has 1 aliphatic rings. The highest BCUT2D eigenvalue weighted by atomic mass is 16.1. The Morgan fingerprint density at radius 3 is 2.52 bits per heavy atom. The number of para-hydroxylation sites is 1. The number of piperidine rings is 1. The molecule has 5 rings (SSSR count). The molecule has 1 fully saturated rings. The molecular weight excluding hydrogens is 406 g/mol. The van der Waals surface area contributed by atoms with Crippen LogP contribution in [0.25, 0.3) is 16.6 Å². The van der Waals surface area contributed by atoms with Crippen molar-refractivity contribution >= 4 is 16.7 Å². The Bertz CT molecular complexity index is 1220. The van der Waals surface area contributed by atoms with Crippen molar-refractivity contribution in [1.82, 2.24) is 14.5 Å². The summed E-state index contributed by atoms with van der Waals surface area (Å²) in [6.07, 6.45) is 10.1. The molecule has 0 atom stereocenters. The molecule has 0 bridgehead atoms. The number of aromatic nitrogens is 2. The fourth-order valence-corrected chi connectivity index (χ4v) is 4.98. The summed E-state index contributed by atoms with van der Waals surface area (Å²) in [5, 5.41) is 1.36. The average molecular weight is 438 g/mol. The van der Waals surface area contributed by atoms with Gasteiger partial charge in [0.05, 0.1) is 5.52 Å². The van der Waals surface area contributed by atoms with Gasteiger partial charge in [0.25, 0.3) is 0 Å². The van der Waals surface area contributed by atoms with Crippen molar-refractivity contribution in [2.75, 3.05) is 20.1 Å². The van der Waals surface area contributed by atoms with Crippen LogP contribution in [0, 0.1) is 0 Å². The lowest BCUT2D eigenvalue weighted by molar-refractivity contribution is -0.118. The number of hydrogen-bond donors (Lipinski definition) is 0. The average Bonchev–Trinajstić information content (AvgIpc) is 3.24. The summed E-state index contributed by atoms with van der Waals surface area (Å²) < 4.78 is 2.32. The standard InChI is InChI=1S/C29H31N3O/c1-31-17-14-24(15-18-31)28-21-32(29-7-3-2-6-27(28)29)25-11-8-22(9-12-25)19-26(33)13-10-23-5-4-16-30-20-23/h2-9,11-12,16,20-21,24H,10,13-15,17-19H2,1H3. The van der Waals surface area contributed by atoms with Crippen LogP contribution in [0.5, 0.6) is 0 Å². The fourth-order valence-electron chi connectivity index (χ4n) is 4.98. The molecule has 4 nitrogen and oxygen atoms in total. The Morgan fingerprint density at radius 2 is 1.76 bits per heavy atom. The van der Waals surface area contributed by atoms with Crippen LogP contribution in [-0.2, 0) is 17.6 Å². The smallest absolute Gasteiger partial charge is 0.137 e. The molecule has 1 aliphatic heterocycles. The van der Waals surface area contributed by atoms with E-state index in [0.717, 1.165) is 36.3 Å². The molecular formula is C29H31N3O. The molecule has 0 unspecified atom stereocenters. The highest BCUT2D eigenvalue weighted by Crippen LogP contribution is 2.35. The molecule has 3 heterocycles. The van der Waals surface area contributed by atoms with Crippen molar-refractivity contribution in [1.29, 1.82) is 0 Å². The van der Waals surface area contributed by atoms with E-state index >= 15 is 0 Å². The largest absolute Gasteiger partial charge is 0.316 e. The number of nitrogens with zero attached hydrogens (tertiary/aromatic N) is 3. The van der Waals surface area contributed by atoms with E-state index in [1.54, 1.807) is 6.20 Å². The number of pyridine rings is 1. The van der Waals surface area contributed by atoms with Gasteiger partial charge in [-0.15, -0.1) is 0 Å². The van der Waals surface area contributed by atoms with Crippen LogP contribution >= 0.6 is 0 Å². The van der Waals surface area contributed by atoms with Crippen LogP contribution in [0.2, 0.25) is 0 Å². The number of Topliss-reactive ketones (excluding diaryl/α,β-unsaturated/α-hetero) is 1. The van der Waals surface area contributed by atoms with Gasteiger partial charge in [-0.25, -0.2) is 0 Å². The van der Waals surface area contributed by atoms with Crippen molar-refractivity contribution in [3.8, 4) is 5.69 Å². The van der Waals surface area contributed by atoms with Crippen molar-refractivity contribution in [2.45, 2.75) is 38.0 Å². The summed E-state index contributed by atoms with van der Waals surface area (Å²) in [6, 6.07) is 21.2. The maximum atomic E-state index is 12.5. The first kappa shape index (κ1) is 21.6. The van der Waals surface area contributed by atoms with E-state index in [2.05, 4.69) is 76.2 Å². The second-order valence-corrected chi connectivity index (χ2v) is 9.29. The molecule has 0 amide bonds. The molecule has 168 valence electrons. The van der Waals surface area contributed by atoms with Crippen molar-refractivity contribution in [3.05, 3.63) is 95.9 Å². The zero-order chi connectivity index (χ0) is 22.6. The Balaban J connectivity index is 1.32. The Morgan fingerprint density at radius 1 is 0.970 bits per heavy atom. The highest BCUT2D eigenvalue weighted by molar-refractivity contribution is 5.86. The third-order valence-electron chi connectivity index (χ3n) is 6.93. The highest BCUT2D eigenvalue weighted by Gasteiger charge is 2.22. The number of carbonyl (C=O) groups is 1. The van der Waals surface area contributed by atoms with Crippen molar-refractivity contribution in [2.24, 2.45) is 0 Å². The van der Waals surface area contributed by atoms with Gasteiger partial charge in [-0.3, -0.25) is 9.78 Å². The number of likely N-dealkylation sites (tertiary alicyclic amines) is 1. The molecule has 0 radical (unpaired) electrons. The molecule has 0 saturated carbocycles. The summed E-state index contributed by atoms with van der Waals surface area (Å²) in [7, 11) is 2.21. The Hall–Kier alpha value is -3.24. The normalized spacial score (nSPS) is 15.2. The minimum absolute atomic E-state index is 0.266. The lowest BCUT2D eigenvalue weighted by atomic mass is 9.89. The number of rotatable bonds is 7. The molecule has 4 heteroatoms. The van der Waals surface area contributed by atoms with Crippen molar-refractivity contribution in [3.63, 3.8) is 0 Å². The lowest BCUT2D eigenvalue weighted by Crippen LogP contribution is -2.29. The van der Waals surface area contributed by atoms with Gasteiger partial charge in [-0.05, 0) is 86.3 Å². The molecule has 1 saturated heterocycles. The topological polar surface area (TPSA) is 38.1 Å². The van der Waals surface area contributed by atoms with E-state index in [-0.39, 0.29) is 5.78 Å². The number of carbonyl (C=O) groups excluding carboxylic acids is 1. The van der Waals surface area contributed by atoms with Crippen LogP contribution in [0.3, 0.4) is 0 Å². The SMILES string of the molecule is CN1CCC(c2cn(-c3ccc(CC(=O)CCc4cccnc4)cc3)c3ccccc23)CC1. The fraction of sp³-hybridized carbons (Fsp3) is 0.310. The maximum Gasteiger partial charge on any atom is 0.137 e. The van der Waals surface area contributed by atoms with Crippen molar-refractivity contribution < 1.29 is 4.79 Å². The molecule has 0 aliphatic carbocycles. The monoisotopic (exact) mass is 437 g/mol. The number of hydrogen-bond acceptors (Lipinski definition) is 3. The number of aryl methyl sites for hydroxylation is 1. The minimum atomic E-state index is 0.266. The second-order valence-electron chi connectivity index (χ2n) is 9.29. The molecule has 0 N–H and O–H groups in total. The van der Waals surface area contributed by atoms with Crippen LogP contribution in [-0.4, -0.2) is 40.4 Å². The molecule has 0 spiro atoms. The number of fused-ring (bicyclic) bond motifs is 1. The zero-order valence-corrected chi connectivity index (χ0v) is 19.3. The minimum Gasteiger partial charge on any atom is -0.316 e. The summed E-state index contributed by atoms with van der Waals surface area (Å²) in [5.41, 5.74) is 6.06. The van der Waals surface area contributed by atoms with Gasteiger partial charge in [0.15, 0.2) is 0 Å². The van der Waals surface area contributed by atoms with E-state index < -0.39 is 0 Å². The van der Waals surface area contributed by atoms with E-state index in [0.29, 0.717) is 18.8 Å². The summed E-state index contributed by atoms with van der Waals surface area (Å²) in [6.45, 7) is 2.32. The summed E-state index contributed by atoms with van der Waals surface area (Å²) in [5.74, 6) is 0.881. The van der Waals surface area contributed by atoms with Crippen LogP contribution in [0.1, 0.15) is 41.9 Å². The third-order valence-corrected chi connectivity index (χ3v) is 6.93. The van der Waals surface area contributed by atoms with Gasteiger partial charge >= 0.3 is 0 Å². The predicted molar refractivity (Wildman–Crippen MR) is 134 cm³/mol. The van der Waals surface area contributed by atoms with Crippen LogP contribution < -0.4 is 0 Å². The van der Waals surface area contributed by atoms with E-state index in [1.165, 1.54) is 29.3 Å². The quantitative estimate of drug-likeness (QED) is 0.379. The first-order valence-corrected chi connectivity index (χ1v) is 12.0. The van der Waals surface area contributed by atoms with Crippen LogP contribution in [0.15, 0.2) is 79.3 Å². The number of ketones is 1. The maximum absolute atomic E-state index is 12.5. The van der Waals surface area contributed by atoms with E-state index in [1.807, 2.05) is 18.3 Å². The van der Waals surface area contributed by atoms with Gasteiger partial charge in [-0.2, -0.15) is 0 Å². The van der Waals surface area contributed by atoms with Gasteiger partial charge < -0.3 is 9.47 Å². The van der Waals surface area contributed by atoms with Gasteiger partial charge in [0.1, 0.15) is 5.78 Å². The predicted octanol–water partition coefficient (Wildman–Crippen LogP) is 5.58. The summed E-state index contributed by atoms with van der Waals surface area (Å²) in [4.78, 5) is 19.0. The molecule has 4 aromatic rings. The third kappa shape index (κ3) is 4.91. The first-order chi connectivity index (χ1) is 16.2. The van der Waals surface area contributed by atoms with E-state index in [9.17, 15) is 4.79 Å². The molecule has 2 aromatic carbocycles. The lowest BCUT2D eigenvalue weighted by Gasteiger charge is -2.28. The van der Waals surface area contributed by atoms with Gasteiger partial charge in [-0.1, -0.05) is 36.4 Å². The Labute approximate surface area is 195 Å².